The normalized spacial score (nSPS) is 31.9. The molecule has 0 aromatic carbocycles. The number of nitrogens with zero attached hydrogens (tertiary/aromatic N) is 3. The molecule has 112 valence electrons. The maximum absolute atomic E-state index is 4.48. The number of hydrogen-bond donors (Lipinski definition) is 0. The first kappa shape index (κ1) is 14.1. The molecule has 1 aromatic rings. The van der Waals surface area contributed by atoms with Gasteiger partial charge in [0.2, 0.25) is 0 Å². The van der Waals surface area contributed by atoms with Crippen molar-refractivity contribution < 1.29 is 0 Å². The predicted molar refractivity (Wildman–Crippen MR) is 81.4 cm³/mol. The Morgan fingerprint density at radius 1 is 1.15 bits per heavy atom. The molecule has 0 amide bonds. The molecule has 3 nitrogen and oxygen atoms in total. The largest absolute Gasteiger partial charge is 0.250 e. The maximum Gasteiger partial charge on any atom is 0.138 e. The topological polar surface area (TPSA) is 30.7 Å². The highest BCUT2D eigenvalue weighted by molar-refractivity contribution is 4.89. The summed E-state index contributed by atoms with van der Waals surface area (Å²) >= 11 is 0. The van der Waals surface area contributed by atoms with Gasteiger partial charge in [-0.25, -0.2) is 9.67 Å². The van der Waals surface area contributed by atoms with Gasteiger partial charge in [-0.15, -0.1) is 0 Å². The monoisotopic (exact) mass is 275 g/mol. The lowest BCUT2D eigenvalue weighted by Crippen LogP contribution is -2.13. The van der Waals surface area contributed by atoms with Gasteiger partial charge in [-0.05, 0) is 37.0 Å². The summed E-state index contributed by atoms with van der Waals surface area (Å²) in [5.41, 5.74) is 0. The summed E-state index contributed by atoms with van der Waals surface area (Å²) in [5, 5.41) is 4.48. The quantitative estimate of drug-likeness (QED) is 0.768. The molecule has 0 radical (unpaired) electrons. The van der Waals surface area contributed by atoms with Crippen LogP contribution in [0.4, 0.5) is 0 Å². The number of aryl methyl sites for hydroxylation is 1. The van der Waals surface area contributed by atoms with Crippen LogP contribution in [0.25, 0.3) is 0 Å². The van der Waals surface area contributed by atoms with Crippen molar-refractivity contribution in [1.82, 2.24) is 14.8 Å². The molecular formula is C17H29N3. The molecule has 3 unspecified atom stereocenters. The number of aromatic nitrogens is 3. The molecule has 1 aliphatic carbocycles. The molecule has 1 aromatic heterocycles. The Hall–Kier alpha value is -0.860. The highest BCUT2D eigenvalue weighted by Gasteiger charge is 2.33. The van der Waals surface area contributed by atoms with Gasteiger partial charge < -0.3 is 0 Å². The summed E-state index contributed by atoms with van der Waals surface area (Å²) in [4.78, 5) is 4.48. The minimum Gasteiger partial charge on any atom is -0.250 e. The molecule has 3 atom stereocenters. The van der Waals surface area contributed by atoms with Crippen molar-refractivity contribution in [3.8, 4) is 0 Å². The van der Waals surface area contributed by atoms with Crippen LogP contribution >= 0.6 is 0 Å². The molecule has 0 saturated heterocycles. The smallest absolute Gasteiger partial charge is 0.138 e. The van der Waals surface area contributed by atoms with Crippen LogP contribution < -0.4 is 0 Å². The van der Waals surface area contributed by atoms with E-state index in [2.05, 4.69) is 21.7 Å². The molecule has 3 heteroatoms. The molecule has 0 spiro atoms. The molecule has 3 rings (SSSR count). The fraction of sp³-hybridized carbons (Fsp3) is 0.882. The Balaban J connectivity index is 1.72. The van der Waals surface area contributed by atoms with E-state index in [9.17, 15) is 0 Å². The molecule has 1 fully saturated rings. The van der Waals surface area contributed by atoms with Gasteiger partial charge >= 0.3 is 0 Å². The van der Waals surface area contributed by atoms with Crippen LogP contribution in [-0.2, 0) is 13.0 Å². The van der Waals surface area contributed by atoms with Crippen LogP contribution in [0.15, 0.2) is 6.33 Å². The van der Waals surface area contributed by atoms with Crippen molar-refractivity contribution in [3.63, 3.8) is 0 Å². The molecule has 2 bridgehead atoms. The van der Waals surface area contributed by atoms with E-state index in [1.54, 1.807) is 6.33 Å². The van der Waals surface area contributed by atoms with Crippen LogP contribution in [0, 0.1) is 17.8 Å². The van der Waals surface area contributed by atoms with E-state index in [1.165, 1.54) is 63.6 Å². The third-order valence-electron chi connectivity index (χ3n) is 5.57. The van der Waals surface area contributed by atoms with Crippen molar-refractivity contribution in [2.24, 2.45) is 17.8 Å². The lowest BCUT2D eigenvalue weighted by Gasteiger charge is -2.17. The molecular weight excluding hydrogens is 246 g/mol. The minimum absolute atomic E-state index is 0.839. The molecule has 20 heavy (non-hydrogen) atoms. The van der Waals surface area contributed by atoms with E-state index in [1.807, 2.05) is 0 Å². The zero-order valence-corrected chi connectivity index (χ0v) is 12.9. The Morgan fingerprint density at radius 2 is 2.00 bits per heavy atom. The van der Waals surface area contributed by atoms with E-state index in [-0.39, 0.29) is 0 Å². The molecule has 2 aliphatic rings. The highest BCUT2D eigenvalue weighted by Crippen LogP contribution is 2.42. The second-order valence-electron chi connectivity index (χ2n) is 6.93. The van der Waals surface area contributed by atoms with E-state index in [0.29, 0.717) is 0 Å². The summed E-state index contributed by atoms with van der Waals surface area (Å²) in [6.07, 6.45) is 15.5. The number of hydrogen-bond acceptors (Lipinski definition) is 2. The van der Waals surface area contributed by atoms with Crippen molar-refractivity contribution >= 4 is 0 Å². The SMILES string of the molecule is CCC1CC2CC1CCCCCCCc1ncnn1C2. The van der Waals surface area contributed by atoms with Crippen LogP contribution in [0.3, 0.4) is 0 Å². The van der Waals surface area contributed by atoms with Crippen LogP contribution in [0.5, 0.6) is 0 Å². The van der Waals surface area contributed by atoms with Gasteiger partial charge in [0.15, 0.2) is 0 Å². The van der Waals surface area contributed by atoms with Crippen LogP contribution in [0.2, 0.25) is 0 Å². The van der Waals surface area contributed by atoms with Gasteiger partial charge in [0, 0.05) is 13.0 Å². The maximum atomic E-state index is 4.48. The summed E-state index contributed by atoms with van der Waals surface area (Å²) in [5.74, 6) is 4.01. The molecule has 1 aliphatic heterocycles. The summed E-state index contributed by atoms with van der Waals surface area (Å²) in [6.45, 7) is 3.49. The fourth-order valence-corrected chi connectivity index (χ4v) is 4.44. The minimum atomic E-state index is 0.839. The Morgan fingerprint density at radius 3 is 2.90 bits per heavy atom. The average Bonchev–Trinajstić information content (AvgIpc) is 3.04. The first-order valence-corrected chi connectivity index (χ1v) is 8.73. The van der Waals surface area contributed by atoms with Gasteiger partial charge in [0.25, 0.3) is 0 Å². The third kappa shape index (κ3) is 3.24. The number of rotatable bonds is 1. The Kier molecular flexibility index (Phi) is 4.74. The average molecular weight is 275 g/mol. The summed E-state index contributed by atoms with van der Waals surface area (Å²) in [7, 11) is 0. The van der Waals surface area contributed by atoms with Crippen molar-refractivity contribution in [2.75, 3.05) is 0 Å². The first-order chi connectivity index (χ1) is 9.86. The van der Waals surface area contributed by atoms with Crippen LogP contribution in [-0.4, -0.2) is 14.8 Å². The van der Waals surface area contributed by atoms with Gasteiger partial charge in [-0.3, -0.25) is 0 Å². The first-order valence-electron chi connectivity index (χ1n) is 8.73. The molecule has 0 N–H and O–H groups in total. The lowest BCUT2D eigenvalue weighted by molar-refractivity contribution is 0.342. The highest BCUT2D eigenvalue weighted by atomic mass is 15.3. The third-order valence-corrected chi connectivity index (χ3v) is 5.57. The van der Waals surface area contributed by atoms with E-state index in [4.69, 9.17) is 0 Å². The standard InChI is InChI=1S/C17H29N3/c1-2-15-10-14-11-16(15)8-6-4-3-5-7-9-17-18-13-19-20(17)12-14/h13-16H,2-12H2,1H3. The fourth-order valence-electron chi connectivity index (χ4n) is 4.44. The number of fused-ring (bicyclic) bond motifs is 3. The second-order valence-corrected chi connectivity index (χ2v) is 6.93. The zero-order valence-electron chi connectivity index (χ0n) is 12.9. The van der Waals surface area contributed by atoms with Crippen LogP contribution in [0.1, 0.15) is 70.5 Å². The van der Waals surface area contributed by atoms with Crippen molar-refractivity contribution in [1.29, 1.82) is 0 Å². The predicted octanol–water partition coefficient (Wildman–Crippen LogP) is 4.23. The van der Waals surface area contributed by atoms with E-state index in [0.717, 1.165) is 30.7 Å². The van der Waals surface area contributed by atoms with Gasteiger partial charge in [0.1, 0.15) is 12.2 Å². The van der Waals surface area contributed by atoms with Gasteiger partial charge in [0.05, 0.1) is 0 Å². The zero-order chi connectivity index (χ0) is 13.8. The molecule has 1 saturated carbocycles. The van der Waals surface area contributed by atoms with E-state index >= 15 is 0 Å². The second kappa shape index (κ2) is 6.73. The summed E-state index contributed by atoms with van der Waals surface area (Å²) in [6, 6.07) is 0. The Labute approximate surface area is 123 Å². The lowest BCUT2D eigenvalue weighted by atomic mass is 9.89. The summed E-state index contributed by atoms with van der Waals surface area (Å²) < 4.78 is 2.21. The van der Waals surface area contributed by atoms with Crippen molar-refractivity contribution in [3.05, 3.63) is 12.2 Å². The van der Waals surface area contributed by atoms with Gasteiger partial charge in [-0.2, -0.15) is 5.10 Å². The van der Waals surface area contributed by atoms with E-state index < -0.39 is 0 Å². The van der Waals surface area contributed by atoms with Crippen molar-refractivity contribution in [2.45, 2.75) is 77.7 Å². The van der Waals surface area contributed by atoms with Gasteiger partial charge in [-0.1, -0.05) is 45.4 Å². The molecule has 2 heterocycles. The Bertz CT molecular complexity index is 412.